The molecule has 0 spiro atoms. The number of para-hydroxylation sites is 1. The molecule has 0 aliphatic heterocycles. The number of hydrogen-bond donors (Lipinski definition) is 2. The van der Waals surface area contributed by atoms with E-state index >= 15 is 0 Å². The molecule has 236 valence electrons. The van der Waals surface area contributed by atoms with Gasteiger partial charge in [0.25, 0.3) is 0 Å². The SMILES string of the molecule is CCCS(=O)(=O)C(C)(C)C(=O)Nc1ccc2ccccc2n1.CCCS(=O)(=O)C(C)(C)C(=O)Nc1nc2c(s1)CCCC2. The van der Waals surface area contributed by atoms with Gasteiger partial charge in [0.2, 0.25) is 11.8 Å². The number of benzene rings is 1. The van der Waals surface area contributed by atoms with Gasteiger partial charge < -0.3 is 10.6 Å². The molecule has 0 unspecified atom stereocenters. The van der Waals surface area contributed by atoms with Crippen LogP contribution in [0, 0.1) is 0 Å². The van der Waals surface area contributed by atoms with Gasteiger partial charge in [-0.1, -0.05) is 32.0 Å². The number of sulfone groups is 2. The zero-order valence-corrected chi connectivity index (χ0v) is 28.1. The third kappa shape index (κ3) is 7.98. The van der Waals surface area contributed by atoms with Crippen LogP contribution in [0.15, 0.2) is 36.4 Å². The summed E-state index contributed by atoms with van der Waals surface area (Å²) in [7, 11) is -6.98. The van der Waals surface area contributed by atoms with E-state index in [9.17, 15) is 26.4 Å². The van der Waals surface area contributed by atoms with Gasteiger partial charge >= 0.3 is 0 Å². The highest BCUT2D eigenvalue weighted by Crippen LogP contribution is 2.31. The van der Waals surface area contributed by atoms with Gasteiger partial charge in [-0.05, 0) is 84.4 Å². The lowest BCUT2D eigenvalue weighted by molar-refractivity contribution is -0.118. The molecule has 1 aliphatic rings. The molecular formula is C30H42N4O6S3. The van der Waals surface area contributed by atoms with Crippen molar-refractivity contribution >= 4 is 64.7 Å². The van der Waals surface area contributed by atoms with E-state index in [2.05, 4.69) is 20.6 Å². The van der Waals surface area contributed by atoms with Crippen LogP contribution in [0.3, 0.4) is 0 Å². The maximum atomic E-state index is 12.4. The molecule has 2 heterocycles. The Labute approximate surface area is 258 Å². The van der Waals surface area contributed by atoms with Crippen molar-refractivity contribution in [3.05, 3.63) is 47.0 Å². The topological polar surface area (TPSA) is 152 Å². The summed E-state index contributed by atoms with van der Waals surface area (Å²) < 4.78 is 45.9. The van der Waals surface area contributed by atoms with Crippen LogP contribution >= 0.6 is 11.3 Å². The third-order valence-electron chi connectivity index (χ3n) is 7.50. The predicted octanol–water partition coefficient (Wildman–Crippen LogP) is 5.34. The van der Waals surface area contributed by atoms with Gasteiger partial charge in [-0.3, -0.25) is 9.59 Å². The molecule has 2 amide bonds. The number of hydrogen-bond acceptors (Lipinski definition) is 9. The zero-order chi connectivity index (χ0) is 32.1. The lowest BCUT2D eigenvalue weighted by Crippen LogP contribution is -2.45. The number of rotatable bonds is 10. The number of aromatic nitrogens is 2. The maximum Gasteiger partial charge on any atom is 0.247 e. The highest BCUT2D eigenvalue weighted by molar-refractivity contribution is 7.93. The summed E-state index contributed by atoms with van der Waals surface area (Å²) in [5, 5.41) is 6.78. The van der Waals surface area contributed by atoms with Crippen LogP contribution in [0.1, 0.15) is 77.8 Å². The fourth-order valence-corrected chi connectivity index (χ4v) is 8.19. The first kappa shape index (κ1) is 34.6. The van der Waals surface area contributed by atoms with Crippen molar-refractivity contribution < 1.29 is 26.4 Å². The Morgan fingerprint density at radius 3 is 1.93 bits per heavy atom. The second-order valence-electron chi connectivity index (χ2n) is 11.6. The molecule has 0 fully saturated rings. The van der Waals surface area contributed by atoms with Crippen LogP contribution in [-0.4, -0.2) is 59.6 Å². The van der Waals surface area contributed by atoms with E-state index in [-0.39, 0.29) is 11.5 Å². The van der Waals surface area contributed by atoms with Gasteiger partial charge in [0.05, 0.1) is 22.7 Å². The number of carbonyl (C=O) groups is 2. The van der Waals surface area contributed by atoms with Gasteiger partial charge in [-0.15, -0.1) is 11.3 Å². The Kier molecular flexibility index (Phi) is 11.1. The summed E-state index contributed by atoms with van der Waals surface area (Å²) in [6.07, 6.45) is 5.21. The first-order valence-electron chi connectivity index (χ1n) is 14.5. The smallest absolute Gasteiger partial charge is 0.247 e. The first-order valence-corrected chi connectivity index (χ1v) is 18.6. The van der Waals surface area contributed by atoms with Crippen LogP contribution in [0.2, 0.25) is 0 Å². The van der Waals surface area contributed by atoms with Crippen molar-refractivity contribution in [2.24, 2.45) is 0 Å². The van der Waals surface area contributed by atoms with Gasteiger partial charge in [0, 0.05) is 10.3 Å². The van der Waals surface area contributed by atoms with E-state index in [4.69, 9.17) is 0 Å². The molecule has 1 aliphatic carbocycles. The summed E-state index contributed by atoms with van der Waals surface area (Å²) in [6.45, 7) is 9.33. The lowest BCUT2D eigenvalue weighted by Gasteiger charge is -2.23. The van der Waals surface area contributed by atoms with E-state index < -0.39 is 41.0 Å². The number of aryl methyl sites for hydroxylation is 2. The predicted molar refractivity (Wildman–Crippen MR) is 174 cm³/mol. The normalized spacial score (nSPS) is 13.9. The number of carbonyl (C=O) groups excluding carboxylic acids is 2. The van der Waals surface area contributed by atoms with Crippen LogP contribution in [-0.2, 0) is 42.1 Å². The van der Waals surface area contributed by atoms with Crippen molar-refractivity contribution in [3.63, 3.8) is 0 Å². The number of fused-ring (bicyclic) bond motifs is 2. The summed E-state index contributed by atoms with van der Waals surface area (Å²) in [5.74, 6) is -0.713. The van der Waals surface area contributed by atoms with Gasteiger partial charge in [0.1, 0.15) is 15.3 Å². The average molecular weight is 651 g/mol. The fourth-order valence-electron chi connectivity index (χ4n) is 4.39. The van der Waals surface area contributed by atoms with Crippen LogP contribution in [0.4, 0.5) is 10.9 Å². The summed E-state index contributed by atoms with van der Waals surface area (Å²) >= 11 is 1.47. The Bertz CT molecular complexity index is 1660. The van der Waals surface area contributed by atoms with Crippen molar-refractivity contribution in [1.29, 1.82) is 0 Å². The monoisotopic (exact) mass is 650 g/mol. The second kappa shape index (κ2) is 13.8. The molecule has 3 aromatic rings. The molecule has 2 aromatic heterocycles. The zero-order valence-electron chi connectivity index (χ0n) is 25.7. The maximum absolute atomic E-state index is 12.4. The van der Waals surface area contributed by atoms with Crippen molar-refractivity contribution in [3.8, 4) is 0 Å². The molecule has 0 bridgehead atoms. The van der Waals surface area contributed by atoms with Crippen LogP contribution in [0.25, 0.3) is 10.9 Å². The number of amides is 2. The minimum Gasteiger partial charge on any atom is -0.309 e. The molecule has 1 aromatic carbocycles. The van der Waals surface area contributed by atoms with E-state index in [0.29, 0.717) is 23.8 Å². The molecule has 0 saturated heterocycles. The molecule has 0 saturated carbocycles. The highest BCUT2D eigenvalue weighted by Gasteiger charge is 2.42. The Morgan fingerprint density at radius 2 is 1.35 bits per heavy atom. The van der Waals surface area contributed by atoms with Gasteiger partial charge in [0.15, 0.2) is 24.8 Å². The average Bonchev–Trinajstić information content (AvgIpc) is 3.35. The van der Waals surface area contributed by atoms with Gasteiger partial charge in [-0.25, -0.2) is 26.8 Å². The molecule has 0 radical (unpaired) electrons. The molecular weight excluding hydrogens is 609 g/mol. The van der Waals surface area contributed by atoms with Crippen molar-refractivity contribution in [2.75, 3.05) is 22.1 Å². The van der Waals surface area contributed by atoms with E-state index in [1.165, 1.54) is 43.9 Å². The van der Waals surface area contributed by atoms with E-state index in [1.807, 2.05) is 30.3 Å². The van der Waals surface area contributed by atoms with Gasteiger partial charge in [-0.2, -0.15) is 0 Å². The van der Waals surface area contributed by atoms with Crippen LogP contribution in [0.5, 0.6) is 0 Å². The second-order valence-corrected chi connectivity index (χ2v) is 18.0. The first-order chi connectivity index (χ1) is 20.1. The Morgan fingerprint density at radius 1 is 0.791 bits per heavy atom. The highest BCUT2D eigenvalue weighted by atomic mass is 32.2. The summed E-state index contributed by atoms with van der Waals surface area (Å²) in [5.41, 5.74) is 1.80. The molecule has 0 atom stereocenters. The number of thiazole rings is 1. The largest absolute Gasteiger partial charge is 0.309 e. The van der Waals surface area contributed by atoms with E-state index in [1.54, 1.807) is 19.9 Å². The molecule has 4 rings (SSSR count). The van der Waals surface area contributed by atoms with Crippen molar-refractivity contribution in [2.45, 2.75) is 89.6 Å². The number of pyridine rings is 1. The quantitative estimate of drug-likeness (QED) is 0.298. The van der Waals surface area contributed by atoms with Crippen molar-refractivity contribution in [1.82, 2.24) is 9.97 Å². The standard InChI is InChI=1S/C16H20N2O3S.C14H22N2O3S2/c1-4-11-22(20,21)16(2,3)15(19)18-14-10-9-12-7-5-6-8-13(12)17-14;1-4-9-21(18,19)14(2,3)12(17)16-13-15-10-7-5-6-8-11(10)20-13/h5-10H,4,11H2,1-3H3,(H,17,18,19);4-9H2,1-3H3,(H,15,16,17). The molecule has 43 heavy (non-hydrogen) atoms. The summed E-state index contributed by atoms with van der Waals surface area (Å²) in [4.78, 5) is 34.7. The minimum atomic E-state index is -3.51. The molecule has 10 nitrogen and oxygen atoms in total. The Hall–Kier alpha value is -2.90. The Balaban J connectivity index is 0.000000236. The summed E-state index contributed by atoms with van der Waals surface area (Å²) in [6, 6.07) is 11.0. The number of anilines is 2. The van der Waals surface area contributed by atoms with E-state index in [0.717, 1.165) is 42.3 Å². The number of nitrogens with zero attached hydrogens (tertiary/aromatic N) is 2. The number of nitrogens with one attached hydrogen (secondary N) is 2. The molecule has 2 N–H and O–H groups in total. The van der Waals surface area contributed by atoms with Crippen LogP contribution < -0.4 is 10.6 Å². The minimum absolute atomic E-state index is 0.0153. The third-order valence-corrected chi connectivity index (χ3v) is 13.9. The molecule has 13 heteroatoms. The fraction of sp³-hybridized carbons (Fsp3) is 0.533. The lowest BCUT2D eigenvalue weighted by atomic mass is 10.0.